The molecule has 0 aliphatic rings. The highest BCUT2D eigenvalue weighted by Gasteiger charge is 2.13. The maximum absolute atomic E-state index is 11.4. The predicted molar refractivity (Wildman–Crippen MR) is 57.8 cm³/mol. The highest BCUT2D eigenvalue weighted by atomic mass is 16.6. The van der Waals surface area contributed by atoms with Gasteiger partial charge in [-0.3, -0.25) is 0 Å². The van der Waals surface area contributed by atoms with Crippen LogP contribution in [0.2, 0.25) is 0 Å². The van der Waals surface area contributed by atoms with Gasteiger partial charge in [0.25, 0.3) is 0 Å². The number of hydrogen-bond acceptors (Lipinski definition) is 6. The summed E-state index contributed by atoms with van der Waals surface area (Å²) >= 11 is 0. The Morgan fingerprint density at radius 3 is 2.69 bits per heavy atom. The highest BCUT2D eigenvalue weighted by Crippen LogP contribution is 2.04. The molecule has 1 rings (SSSR count). The molecule has 88 valence electrons. The van der Waals surface area contributed by atoms with E-state index in [0.717, 1.165) is 0 Å². The fraction of sp³-hybridized carbons (Fsp3) is 0.500. The number of aromatic nitrogens is 2. The molecular formula is C10H15N3O3. The summed E-state index contributed by atoms with van der Waals surface area (Å²) in [6.45, 7) is 4.33. The SMILES string of the molecule is CC(C)OCCOC(=O)c1nccnc1N. The van der Waals surface area contributed by atoms with E-state index in [4.69, 9.17) is 15.2 Å². The number of carbonyl (C=O) groups excluding carboxylic acids is 1. The molecule has 0 bridgehead atoms. The van der Waals surface area contributed by atoms with Crippen LogP contribution in [0, 0.1) is 0 Å². The largest absolute Gasteiger partial charge is 0.458 e. The number of rotatable bonds is 5. The Morgan fingerprint density at radius 2 is 2.06 bits per heavy atom. The summed E-state index contributed by atoms with van der Waals surface area (Å²) in [5, 5.41) is 0. The lowest BCUT2D eigenvalue weighted by Gasteiger charge is -2.08. The summed E-state index contributed by atoms with van der Waals surface area (Å²) in [6, 6.07) is 0. The second kappa shape index (κ2) is 6.02. The van der Waals surface area contributed by atoms with Crippen molar-refractivity contribution < 1.29 is 14.3 Å². The molecule has 0 unspecified atom stereocenters. The molecule has 0 atom stereocenters. The van der Waals surface area contributed by atoms with Gasteiger partial charge in [-0.2, -0.15) is 0 Å². The van der Waals surface area contributed by atoms with E-state index in [-0.39, 0.29) is 24.2 Å². The molecule has 0 saturated heterocycles. The van der Waals surface area contributed by atoms with Crippen LogP contribution in [0.4, 0.5) is 5.82 Å². The zero-order valence-electron chi connectivity index (χ0n) is 9.34. The number of ether oxygens (including phenoxy) is 2. The van der Waals surface area contributed by atoms with Gasteiger partial charge in [-0.25, -0.2) is 14.8 Å². The van der Waals surface area contributed by atoms with Crippen molar-refractivity contribution in [3.63, 3.8) is 0 Å². The van der Waals surface area contributed by atoms with Gasteiger partial charge in [-0.15, -0.1) is 0 Å². The normalized spacial score (nSPS) is 10.4. The van der Waals surface area contributed by atoms with Crippen LogP contribution in [0.15, 0.2) is 12.4 Å². The van der Waals surface area contributed by atoms with E-state index in [2.05, 4.69) is 9.97 Å². The Hall–Kier alpha value is -1.69. The maximum Gasteiger partial charge on any atom is 0.360 e. The van der Waals surface area contributed by atoms with Crippen LogP contribution < -0.4 is 5.73 Å². The quantitative estimate of drug-likeness (QED) is 0.584. The van der Waals surface area contributed by atoms with Crippen molar-refractivity contribution in [1.82, 2.24) is 9.97 Å². The van der Waals surface area contributed by atoms with E-state index in [1.54, 1.807) is 0 Å². The number of hydrogen-bond donors (Lipinski definition) is 1. The summed E-state index contributed by atoms with van der Waals surface area (Å²) in [5.41, 5.74) is 5.50. The van der Waals surface area contributed by atoms with E-state index in [1.807, 2.05) is 13.8 Å². The molecule has 6 heteroatoms. The molecule has 0 aliphatic heterocycles. The van der Waals surface area contributed by atoms with Crippen molar-refractivity contribution in [3.8, 4) is 0 Å². The molecule has 0 saturated carbocycles. The zero-order valence-corrected chi connectivity index (χ0v) is 9.34. The minimum Gasteiger partial charge on any atom is -0.458 e. The standard InChI is InChI=1S/C10H15N3O3/c1-7(2)15-5-6-16-10(14)8-9(11)13-4-3-12-8/h3-4,7H,5-6H2,1-2H3,(H2,11,13). The highest BCUT2D eigenvalue weighted by molar-refractivity contribution is 5.91. The predicted octanol–water partition coefficient (Wildman–Crippen LogP) is 0.641. The van der Waals surface area contributed by atoms with E-state index >= 15 is 0 Å². The first-order valence-corrected chi connectivity index (χ1v) is 4.96. The van der Waals surface area contributed by atoms with E-state index in [9.17, 15) is 4.79 Å². The first-order chi connectivity index (χ1) is 7.61. The molecule has 6 nitrogen and oxygen atoms in total. The second-order valence-electron chi connectivity index (χ2n) is 3.35. The first-order valence-electron chi connectivity index (χ1n) is 4.96. The van der Waals surface area contributed by atoms with Crippen LogP contribution in [0.5, 0.6) is 0 Å². The summed E-state index contributed by atoms with van der Waals surface area (Å²) in [5.74, 6) is -0.518. The fourth-order valence-corrected chi connectivity index (χ4v) is 0.993. The molecule has 0 fully saturated rings. The minimum absolute atomic E-state index is 0.0343. The van der Waals surface area contributed by atoms with Crippen LogP contribution in [0.25, 0.3) is 0 Å². The molecule has 16 heavy (non-hydrogen) atoms. The van der Waals surface area contributed by atoms with Crippen molar-refractivity contribution in [2.45, 2.75) is 20.0 Å². The molecular weight excluding hydrogens is 210 g/mol. The molecule has 0 spiro atoms. The lowest BCUT2D eigenvalue weighted by Crippen LogP contribution is -2.16. The van der Waals surface area contributed by atoms with Crippen molar-refractivity contribution in [1.29, 1.82) is 0 Å². The zero-order chi connectivity index (χ0) is 12.0. The topological polar surface area (TPSA) is 87.3 Å². The average molecular weight is 225 g/mol. The van der Waals surface area contributed by atoms with E-state index < -0.39 is 5.97 Å². The van der Waals surface area contributed by atoms with Gasteiger partial charge in [-0.05, 0) is 13.8 Å². The van der Waals surface area contributed by atoms with Crippen molar-refractivity contribution in [2.75, 3.05) is 18.9 Å². The number of nitrogens with two attached hydrogens (primary N) is 1. The second-order valence-corrected chi connectivity index (χ2v) is 3.35. The maximum atomic E-state index is 11.4. The fourth-order valence-electron chi connectivity index (χ4n) is 0.993. The van der Waals surface area contributed by atoms with Crippen molar-refractivity contribution >= 4 is 11.8 Å². The Labute approximate surface area is 93.8 Å². The summed E-state index contributed by atoms with van der Waals surface area (Å²) in [6.07, 6.45) is 2.91. The molecule has 0 aliphatic carbocycles. The molecule has 1 aromatic heterocycles. The third kappa shape index (κ3) is 3.82. The molecule has 2 N–H and O–H groups in total. The van der Waals surface area contributed by atoms with Gasteiger partial charge in [0, 0.05) is 12.4 Å². The summed E-state index contributed by atoms with van der Waals surface area (Å²) in [4.78, 5) is 19.0. The third-order valence-electron chi connectivity index (χ3n) is 1.69. The number of esters is 1. The van der Waals surface area contributed by atoms with Crippen molar-refractivity contribution in [3.05, 3.63) is 18.1 Å². The van der Waals surface area contributed by atoms with E-state index in [0.29, 0.717) is 6.61 Å². The minimum atomic E-state index is -0.585. The number of nitrogens with zero attached hydrogens (tertiary/aromatic N) is 2. The van der Waals surface area contributed by atoms with Crippen LogP contribution in [0.3, 0.4) is 0 Å². The van der Waals surface area contributed by atoms with Crippen LogP contribution >= 0.6 is 0 Å². The third-order valence-corrected chi connectivity index (χ3v) is 1.69. The molecule has 1 heterocycles. The number of anilines is 1. The Morgan fingerprint density at radius 1 is 1.38 bits per heavy atom. The van der Waals surface area contributed by atoms with Gasteiger partial charge >= 0.3 is 5.97 Å². The summed E-state index contributed by atoms with van der Waals surface area (Å²) in [7, 11) is 0. The van der Waals surface area contributed by atoms with Gasteiger partial charge in [0.1, 0.15) is 6.61 Å². The van der Waals surface area contributed by atoms with Crippen LogP contribution in [-0.2, 0) is 9.47 Å². The van der Waals surface area contributed by atoms with Crippen molar-refractivity contribution in [2.24, 2.45) is 0 Å². The van der Waals surface area contributed by atoms with E-state index in [1.165, 1.54) is 12.4 Å². The Kier molecular flexibility index (Phi) is 4.65. The number of carbonyl (C=O) groups is 1. The monoisotopic (exact) mass is 225 g/mol. The van der Waals surface area contributed by atoms with Gasteiger partial charge in [-0.1, -0.05) is 0 Å². The molecule has 0 aromatic carbocycles. The first kappa shape index (κ1) is 12.4. The lowest BCUT2D eigenvalue weighted by atomic mass is 10.4. The Balaban J connectivity index is 2.39. The lowest BCUT2D eigenvalue weighted by molar-refractivity contribution is 0.0173. The van der Waals surface area contributed by atoms with Gasteiger partial charge < -0.3 is 15.2 Å². The molecule has 1 aromatic rings. The molecule has 0 amide bonds. The molecule has 0 radical (unpaired) electrons. The van der Waals surface area contributed by atoms with Gasteiger partial charge in [0.15, 0.2) is 11.5 Å². The summed E-state index contributed by atoms with van der Waals surface area (Å²) < 4.78 is 10.1. The van der Waals surface area contributed by atoms with Gasteiger partial charge in [0.2, 0.25) is 0 Å². The number of nitrogen functional groups attached to an aromatic ring is 1. The Bertz CT molecular complexity index is 355. The smallest absolute Gasteiger partial charge is 0.360 e. The van der Waals surface area contributed by atoms with Crippen LogP contribution in [0.1, 0.15) is 24.3 Å². The average Bonchev–Trinajstić information content (AvgIpc) is 2.24. The van der Waals surface area contributed by atoms with Gasteiger partial charge in [0.05, 0.1) is 12.7 Å². The van der Waals surface area contributed by atoms with Crippen LogP contribution in [-0.4, -0.2) is 35.3 Å².